The predicted octanol–water partition coefficient (Wildman–Crippen LogP) is 5.96. The van der Waals surface area contributed by atoms with Crippen molar-refractivity contribution >= 4 is 40.2 Å². The van der Waals surface area contributed by atoms with Crippen molar-refractivity contribution in [3.63, 3.8) is 0 Å². The number of hydrogen-bond acceptors (Lipinski definition) is 4. The second kappa shape index (κ2) is 9.02. The number of aromatic nitrogens is 1. The van der Waals surface area contributed by atoms with Gasteiger partial charge in [0.25, 0.3) is 5.91 Å². The number of aromatic carboxylic acids is 1. The van der Waals surface area contributed by atoms with E-state index >= 15 is 0 Å². The third kappa shape index (κ3) is 4.59. The molecule has 0 bridgehead atoms. The third-order valence-corrected chi connectivity index (χ3v) is 5.73. The second-order valence-corrected chi connectivity index (χ2v) is 8.23. The summed E-state index contributed by atoms with van der Waals surface area (Å²) in [5.41, 5.74) is 3.75. The quantitative estimate of drug-likeness (QED) is 0.370. The predicted molar refractivity (Wildman–Crippen MR) is 125 cm³/mol. The van der Waals surface area contributed by atoms with E-state index in [-0.39, 0.29) is 11.5 Å². The van der Waals surface area contributed by atoms with E-state index in [2.05, 4.69) is 29.4 Å². The number of carboxylic acid groups (broad SMARTS) is 1. The first-order chi connectivity index (χ1) is 15.0. The van der Waals surface area contributed by atoms with Crippen molar-refractivity contribution in [2.45, 2.75) is 11.8 Å². The number of nitrogens with zero attached hydrogens (tertiary/aromatic N) is 1. The lowest BCUT2D eigenvalue weighted by Gasteiger charge is -2.11. The monoisotopic (exact) mass is 428 g/mol. The number of fused-ring (bicyclic) bond motifs is 1. The van der Waals surface area contributed by atoms with Gasteiger partial charge in [-0.2, -0.15) is 0 Å². The molecule has 1 amide bonds. The lowest BCUT2D eigenvalue weighted by molar-refractivity contribution is 0.0696. The highest BCUT2D eigenvalue weighted by molar-refractivity contribution is 7.99. The van der Waals surface area contributed by atoms with E-state index in [1.54, 1.807) is 42.1 Å². The van der Waals surface area contributed by atoms with Crippen molar-refractivity contribution in [1.82, 2.24) is 4.98 Å². The Hall–Kier alpha value is -3.64. The summed E-state index contributed by atoms with van der Waals surface area (Å²) in [5.74, 6) is -0.231. The van der Waals surface area contributed by atoms with E-state index in [0.29, 0.717) is 22.2 Å². The minimum Gasteiger partial charge on any atom is -0.478 e. The molecule has 4 aromatic rings. The van der Waals surface area contributed by atoms with Crippen LogP contribution in [0.2, 0.25) is 0 Å². The van der Waals surface area contributed by atoms with Crippen LogP contribution < -0.4 is 5.32 Å². The first kappa shape index (κ1) is 20.6. The average Bonchev–Trinajstić information content (AvgIpc) is 2.79. The Morgan fingerprint density at radius 1 is 1.00 bits per heavy atom. The van der Waals surface area contributed by atoms with Crippen LogP contribution in [-0.2, 0) is 0 Å². The Morgan fingerprint density at radius 2 is 1.77 bits per heavy atom. The molecule has 1 aromatic heterocycles. The number of carboxylic acids is 1. The summed E-state index contributed by atoms with van der Waals surface area (Å²) < 4.78 is 0. The van der Waals surface area contributed by atoms with Crippen LogP contribution in [0.25, 0.3) is 22.0 Å². The fourth-order valence-corrected chi connectivity index (χ4v) is 4.01. The number of hydrogen-bond donors (Lipinski definition) is 2. The second-order valence-electron chi connectivity index (χ2n) is 6.89. The average molecular weight is 429 g/mol. The zero-order chi connectivity index (χ0) is 21.8. The smallest absolute Gasteiger partial charge is 0.337 e. The van der Waals surface area contributed by atoms with Gasteiger partial charge in [-0.15, -0.1) is 11.8 Å². The number of rotatable bonds is 6. The molecule has 4 rings (SSSR count). The molecule has 0 atom stereocenters. The van der Waals surface area contributed by atoms with Crippen LogP contribution >= 0.6 is 11.8 Å². The van der Waals surface area contributed by atoms with Crippen LogP contribution in [0.4, 0.5) is 5.69 Å². The van der Waals surface area contributed by atoms with Crippen LogP contribution in [0.1, 0.15) is 27.6 Å². The molecule has 0 aliphatic heterocycles. The Kier molecular flexibility index (Phi) is 6.00. The molecule has 31 heavy (non-hydrogen) atoms. The molecular formula is C25H20N2O3S. The van der Waals surface area contributed by atoms with Gasteiger partial charge in [-0.25, -0.2) is 4.79 Å². The van der Waals surface area contributed by atoms with Crippen LogP contribution in [0.5, 0.6) is 0 Å². The van der Waals surface area contributed by atoms with Crippen molar-refractivity contribution in [2.75, 3.05) is 11.1 Å². The first-order valence-electron chi connectivity index (χ1n) is 9.82. The molecule has 1 heterocycles. The Bertz CT molecular complexity index is 1270. The van der Waals surface area contributed by atoms with E-state index in [9.17, 15) is 9.59 Å². The molecule has 2 N–H and O–H groups in total. The van der Waals surface area contributed by atoms with Crippen molar-refractivity contribution in [3.8, 4) is 11.1 Å². The summed E-state index contributed by atoms with van der Waals surface area (Å²) in [6, 6.07) is 22.5. The summed E-state index contributed by atoms with van der Waals surface area (Å²) in [7, 11) is 0. The van der Waals surface area contributed by atoms with E-state index < -0.39 is 5.97 Å². The summed E-state index contributed by atoms with van der Waals surface area (Å²) in [6.07, 6.45) is 1.31. The van der Waals surface area contributed by atoms with Crippen LogP contribution in [0.15, 0.2) is 83.9 Å². The zero-order valence-electron chi connectivity index (χ0n) is 16.8. The van der Waals surface area contributed by atoms with Crippen molar-refractivity contribution in [1.29, 1.82) is 0 Å². The van der Waals surface area contributed by atoms with Crippen LogP contribution in [-0.4, -0.2) is 27.7 Å². The largest absolute Gasteiger partial charge is 0.478 e. The SMILES string of the molecule is CCSc1ccc(-c2ccccc2C(=O)Nc2ccc3cc(C(=O)O)cnc3c2)cc1. The van der Waals surface area contributed by atoms with Crippen LogP contribution in [0.3, 0.4) is 0 Å². The summed E-state index contributed by atoms with van der Waals surface area (Å²) >= 11 is 1.78. The molecule has 3 aromatic carbocycles. The molecule has 0 radical (unpaired) electrons. The molecule has 6 heteroatoms. The topological polar surface area (TPSA) is 79.3 Å². The van der Waals surface area contributed by atoms with Gasteiger partial charge in [0, 0.05) is 27.7 Å². The van der Waals surface area contributed by atoms with Gasteiger partial charge in [0.15, 0.2) is 0 Å². The number of pyridine rings is 1. The fraction of sp³-hybridized carbons (Fsp3) is 0.0800. The normalized spacial score (nSPS) is 10.7. The van der Waals surface area contributed by atoms with Gasteiger partial charge in [0.2, 0.25) is 0 Å². The zero-order valence-corrected chi connectivity index (χ0v) is 17.6. The molecule has 0 saturated carbocycles. The fourth-order valence-electron chi connectivity index (χ4n) is 3.34. The number of nitrogens with one attached hydrogen (secondary N) is 1. The first-order valence-corrected chi connectivity index (χ1v) is 10.8. The minimum absolute atomic E-state index is 0.126. The third-order valence-electron chi connectivity index (χ3n) is 4.84. The lowest BCUT2D eigenvalue weighted by Crippen LogP contribution is -2.13. The van der Waals surface area contributed by atoms with E-state index in [0.717, 1.165) is 16.9 Å². The number of thioether (sulfide) groups is 1. The summed E-state index contributed by atoms with van der Waals surface area (Å²) in [5, 5.41) is 12.7. The van der Waals surface area contributed by atoms with Gasteiger partial charge in [0.05, 0.1) is 11.1 Å². The highest BCUT2D eigenvalue weighted by Crippen LogP contribution is 2.28. The van der Waals surface area contributed by atoms with Crippen molar-refractivity contribution < 1.29 is 14.7 Å². The maximum atomic E-state index is 13.0. The van der Waals surface area contributed by atoms with Gasteiger partial charge in [0.1, 0.15) is 0 Å². The standard InChI is InChI=1S/C25H20N2O3S/c1-2-31-20-11-8-16(9-12-20)21-5-3-4-6-22(21)24(28)27-19-10-7-17-13-18(25(29)30)15-26-23(17)14-19/h3-15H,2H2,1H3,(H,27,28)(H,29,30). The van der Waals surface area contributed by atoms with E-state index in [1.165, 1.54) is 11.1 Å². The van der Waals surface area contributed by atoms with Gasteiger partial charge >= 0.3 is 5.97 Å². The number of carbonyl (C=O) groups excluding carboxylic acids is 1. The molecule has 0 fully saturated rings. The Balaban J connectivity index is 1.60. The molecule has 0 saturated heterocycles. The Labute approximate surface area is 184 Å². The molecule has 5 nitrogen and oxygen atoms in total. The van der Waals surface area contributed by atoms with E-state index in [4.69, 9.17) is 5.11 Å². The highest BCUT2D eigenvalue weighted by Gasteiger charge is 2.13. The van der Waals surface area contributed by atoms with Crippen molar-refractivity contribution in [2.24, 2.45) is 0 Å². The van der Waals surface area contributed by atoms with Gasteiger partial charge in [-0.05, 0) is 53.3 Å². The maximum Gasteiger partial charge on any atom is 0.337 e. The molecular weight excluding hydrogens is 408 g/mol. The van der Waals surface area contributed by atoms with Gasteiger partial charge < -0.3 is 10.4 Å². The number of carbonyl (C=O) groups is 2. The number of amides is 1. The van der Waals surface area contributed by atoms with Crippen LogP contribution in [0, 0.1) is 0 Å². The minimum atomic E-state index is -1.02. The van der Waals surface area contributed by atoms with Gasteiger partial charge in [-0.1, -0.05) is 43.3 Å². The number of anilines is 1. The molecule has 154 valence electrons. The van der Waals surface area contributed by atoms with Gasteiger partial charge in [-0.3, -0.25) is 9.78 Å². The number of benzene rings is 3. The molecule has 0 unspecified atom stereocenters. The van der Waals surface area contributed by atoms with Crippen molar-refractivity contribution in [3.05, 3.63) is 90.1 Å². The molecule has 0 aliphatic carbocycles. The Morgan fingerprint density at radius 3 is 2.52 bits per heavy atom. The van der Waals surface area contributed by atoms with E-state index in [1.807, 2.05) is 30.3 Å². The summed E-state index contributed by atoms with van der Waals surface area (Å²) in [6.45, 7) is 2.12. The molecule has 0 aliphatic rings. The maximum absolute atomic E-state index is 13.0. The summed E-state index contributed by atoms with van der Waals surface area (Å²) in [4.78, 5) is 29.6. The highest BCUT2D eigenvalue weighted by atomic mass is 32.2. The lowest BCUT2D eigenvalue weighted by atomic mass is 9.99. The molecule has 0 spiro atoms.